The molecule has 0 amide bonds. The SMILES string of the molecule is N.O=C(OF)c1ccccc1OB(O)O. The third-order valence-corrected chi connectivity index (χ3v) is 1.41. The summed E-state index contributed by atoms with van der Waals surface area (Å²) in [6.45, 7) is 0. The quantitative estimate of drug-likeness (QED) is 0.625. The van der Waals surface area contributed by atoms with E-state index >= 15 is 0 Å². The van der Waals surface area contributed by atoms with Gasteiger partial charge in [-0.15, -0.1) is 0 Å². The Hall–Kier alpha value is -1.64. The normalized spacial score (nSPS) is 8.73. The molecule has 5 N–H and O–H groups in total. The summed E-state index contributed by atoms with van der Waals surface area (Å²) in [7, 11) is -2.08. The number of carbonyl (C=O) groups excluding carboxylic acids is 1. The van der Waals surface area contributed by atoms with Crippen molar-refractivity contribution in [2.24, 2.45) is 0 Å². The Morgan fingerprint density at radius 1 is 1.33 bits per heavy atom. The van der Waals surface area contributed by atoms with E-state index in [1.807, 2.05) is 0 Å². The molecule has 0 spiro atoms. The van der Waals surface area contributed by atoms with Crippen molar-refractivity contribution in [3.63, 3.8) is 0 Å². The van der Waals surface area contributed by atoms with E-state index in [9.17, 15) is 9.32 Å². The van der Waals surface area contributed by atoms with Gasteiger partial charge in [0.25, 0.3) is 0 Å². The van der Waals surface area contributed by atoms with E-state index in [4.69, 9.17) is 10.0 Å². The number of hydrogen-bond acceptors (Lipinski definition) is 6. The Balaban J connectivity index is 0.00000196. The molecule has 0 saturated heterocycles. The zero-order chi connectivity index (χ0) is 10.6. The Bertz CT molecular complexity index is 335. The van der Waals surface area contributed by atoms with Gasteiger partial charge in [-0.05, 0) is 12.1 Å². The summed E-state index contributed by atoms with van der Waals surface area (Å²) in [5.74, 6) is -1.44. The van der Waals surface area contributed by atoms with E-state index in [2.05, 4.69) is 9.60 Å². The molecular weight excluding hydrogens is 208 g/mol. The molecule has 1 aromatic rings. The van der Waals surface area contributed by atoms with Gasteiger partial charge in [0, 0.05) is 4.53 Å². The van der Waals surface area contributed by atoms with Gasteiger partial charge in [0.2, 0.25) is 0 Å². The average Bonchev–Trinajstić information content (AvgIpc) is 2.16. The molecule has 0 aliphatic rings. The Morgan fingerprint density at radius 3 is 2.47 bits per heavy atom. The Labute approximate surface area is 84.9 Å². The Morgan fingerprint density at radius 2 is 1.93 bits per heavy atom. The van der Waals surface area contributed by atoms with Crippen LogP contribution in [0.25, 0.3) is 0 Å². The second kappa shape index (κ2) is 5.96. The number of halogens is 1. The van der Waals surface area contributed by atoms with E-state index in [1.54, 1.807) is 0 Å². The van der Waals surface area contributed by atoms with Crippen molar-refractivity contribution in [1.29, 1.82) is 0 Å². The highest BCUT2D eigenvalue weighted by Gasteiger charge is 2.19. The largest absolute Gasteiger partial charge is 0.707 e. The van der Waals surface area contributed by atoms with Crippen LogP contribution < -0.4 is 10.8 Å². The number of hydrogen-bond donors (Lipinski definition) is 3. The van der Waals surface area contributed by atoms with Crippen molar-refractivity contribution in [2.45, 2.75) is 0 Å². The monoisotopic (exact) mass is 217 g/mol. The molecule has 6 nitrogen and oxygen atoms in total. The number of para-hydroxylation sites is 1. The van der Waals surface area contributed by atoms with E-state index in [-0.39, 0.29) is 17.5 Å². The maximum atomic E-state index is 11.6. The molecule has 0 saturated carbocycles. The van der Waals surface area contributed by atoms with Gasteiger partial charge in [-0.1, -0.05) is 12.1 Å². The predicted molar refractivity (Wildman–Crippen MR) is 48.8 cm³/mol. The molecule has 8 heteroatoms. The minimum Gasteiger partial charge on any atom is -0.511 e. The Kier molecular flexibility index (Phi) is 5.31. The lowest BCUT2D eigenvalue weighted by molar-refractivity contribution is -0.0789. The molecule has 0 heterocycles. The van der Waals surface area contributed by atoms with Crippen LogP contribution in [-0.2, 0) is 4.94 Å². The lowest BCUT2D eigenvalue weighted by Gasteiger charge is -2.07. The van der Waals surface area contributed by atoms with Crippen molar-refractivity contribution in [2.75, 3.05) is 0 Å². The maximum Gasteiger partial charge on any atom is 0.707 e. The van der Waals surface area contributed by atoms with Crippen molar-refractivity contribution < 1.29 is 29.0 Å². The van der Waals surface area contributed by atoms with Gasteiger partial charge in [-0.2, -0.15) is 0 Å². The highest BCUT2D eigenvalue weighted by molar-refractivity contribution is 6.34. The van der Waals surface area contributed by atoms with Crippen molar-refractivity contribution in [3.05, 3.63) is 29.8 Å². The van der Waals surface area contributed by atoms with Crippen molar-refractivity contribution in [3.8, 4) is 5.75 Å². The third-order valence-electron chi connectivity index (χ3n) is 1.41. The first-order valence-electron chi connectivity index (χ1n) is 3.60. The highest BCUT2D eigenvalue weighted by Crippen LogP contribution is 2.19. The van der Waals surface area contributed by atoms with Gasteiger partial charge in [0.05, 0.1) is 0 Å². The molecule has 82 valence electrons. The van der Waals surface area contributed by atoms with Crippen molar-refractivity contribution in [1.82, 2.24) is 6.15 Å². The summed E-state index contributed by atoms with van der Waals surface area (Å²) < 4.78 is 16.0. The fourth-order valence-corrected chi connectivity index (χ4v) is 0.893. The lowest BCUT2D eigenvalue weighted by Crippen LogP contribution is -2.22. The standard InChI is InChI=1S/C7H6BFO5.H3N/c9-14-7(10)5-3-1-2-4-6(5)13-8(11)12;/h1-4,11-12H;1H3. The smallest absolute Gasteiger partial charge is 0.511 e. The van der Waals surface area contributed by atoms with Crippen molar-refractivity contribution >= 4 is 13.3 Å². The van der Waals surface area contributed by atoms with Crippen LogP contribution in [0.1, 0.15) is 10.4 Å². The second-order valence-corrected chi connectivity index (χ2v) is 2.30. The molecule has 0 atom stereocenters. The zero-order valence-electron chi connectivity index (χ0n) is 7.59. The number of benzene rings is 1. The topological polar surface area (TPSA) is 111 Å². The molecule has 0 unspecified atom stereocenters. The van der Waals surface area contributed by atoms with E-state index in [0.29, 0.717) is 0 Å². The summed E-state index contributed by atoms with van der Waals surface area (Å²) in [6.07, 6.45) is 0. The number of rotatable bonds is 3. The molecule has 1 aromatic carbocycles. The molecular formula is C7H9BFNO5. The molecule has 0 bridgehead atoms. The minimum atomic E-state index is -2.08. The van der Waals surface area contributed by atoms with Crippen LogP contribution in [0.15, 0.2) is 24.3 Å². The van der Waals surface area contributed by atoms with Gasteiger partial charge in [0.1, 0.15) is 11.3 Å². The molecule has 0 aromatic heterocycles. The molecule has 0 fully saturated rings. The molecule has 0 aliphatic heterocycles. The molecule has 1 rings (SSSR count). The summed E-state index contributed by atoms with van der Waals surface area (Å²) in [5, 5.41) is 16.9. The zero-order valence-corrected chi connectivity index (χ0v) is 7.59. The summed E-state index contributed by atoms with van der Waals surface area (Å²) in [6, 6.07) is 5.42. The van der Waals surface area contributed by atoms with Gasteiger partial charge < -0.3 is 20.9 Å². The van der Waals surface area contributed by atoms with Gasteiger partial charge in [-0.3, -0.25) is 0 Å². The highest BCUT2D eigenvalue weighted by atomic mass is 19.3. The molecule has 0 radical (unpaired) electrons. The van der Waals surface area contributed by atoms with Crippen LogP contribution in [0, 0.1) is 0 Å². The van der Waals surface area contributed by atoms with Crippen LogP contribution in [-0.4, -0.2) is 23.3 Å². The summed E-state index contributed by atoms with van der Waals surface area (Å²) in [4.78, 5) is 13.8. The molecule has 0 aliphatic carbocycles. The van der Waals surface area contributed by atoms with Crippen LogP contribution in [0.4, 0.5) is 4.53 Å². The van der Waals surface area contributed by atoms with Crippen LogP contribution >= 0.6 is 0 Å². The summed E-state index contributed by atoms with van der Waals surface area (Å²) >= 11 is 0. The average molecular weight is 217 g/mol. The second-order valence-electron chi connectivity index (χ2n) is 2.30. The fraction of sp³-hybridized carbons (Fsp3) is 0. The van der Waals surface area contributed by atoms with E-state index in [0.717, 1.165) is 0 Å². The maximum absolute atomic E-state index is 11.6. The third kappa shape index (κ3) is 3.54. The van der Waals surface area contributed by atoms with Crippen LogP contribution in [0.2, 0.25) is 0 Å². The first-order chi connectivity index (χ1) is 6.65. The van der Waals surface area contributed by atoms with Gasteiger partial charge in [-0.25, -0.2) is 9.74 Å². The van der Waals surface area contributed by atoms with Gasteiger partial charge >= 0.3 is 13.3 Å². The number of carbonyl (C=O) groups is 1. The molecule has 15 heavy (non-hydrogen) atoms. The minimum absolute atomic E-state index is 0. The fourth-order valence-electron chi connectivity index (χ4n) is 0.893. The first kappa shape index (κ1) is 13.4. The van der Waals surface area contributed by atoms with Crippen LogP contribution in [0.5, 0.6) is 5.75 Å². The predicted octanol–water partition coefficient (Wildman–Crippen LogP) is 0.238. The van der Waals surface area contributed by atoms with Crippen LogP contribution in [0.3, 0.4) is 0 Å². The van der Waals surface area contributed by atoms with E-state index in [1.165, 1.54) is 24.3 Å². The van der Waals surface area contributed by atoms with E-state index < -0.39 is 13.3 Å². The van der Waals surface area contributed by atoms with Gasteiger partial charge in [0.15, 0.2) is 0 Å². The first-order valence-corrected chi connectivity index (χ1v) is 3.60. The summed E-state index contributed by atoms with van der Waals surface area (Å²) in [5.41, 5.74) is -0.233. The lowest BCUT2D eigenvalue weighted by atomic mass is 10.1.